The fourth-order valence-electron chi connectivity index (χ4n) is 4.66. The minimum Gasteiger partial charge on any atom is -0.388 e. The molecular weight excluding hydrogens is 450 g/mol. The highest BCUT2D eigenvalue weighted by Gasteiger charge is 2.33. The van der Waals surface area contributed by atoms with E-state index >= 15 is 0 Å². The van der Waals surface area contributed by atoms with Crippen LogP contribution in [-0.4, -0.2) is 55.7 Å². The van der Waals surface area contributed by atoms with Gasteiger partial charge in [-0.05, 0) is 63.0 Å². The van der Waals surface area contributed by atoms with E-state index < -0.39 is 12.2 Å². The summed E-state index contributed by atoms with van der Waals surface area (Å²) in [7, 11) is 0. The summed E-state index contributed by atoms with van der Waals surface area (Å²) in [5, 5.41) is 19.7. The third-order valence-corrected chi connectivity index (χ3v) is 6.77. The Morgan fingerprint density at radius 3 is 2.42 bits per heavy atom. The van der Waals surface area contributed by atoms with Crippen LogP contribution in [0, 0.1) is 0 Å². The molecule has 1 saturated heterocycles. The number of aryl methyl sites for hydroxylation is 1. The van der Waals surface area contributed by atoms with E-state index in [1.54, 1.807) is 12.1 Å². The molecular formula is C30H35N3O3. The van der Waals surface area contributed by atoms with E-state index in [0.29, 0.717) is 11.2 Å². The Bertz CT molecular complexity index is 1370. The van der Waals surface area contributed by atoms with E-state index in [-0.39, 0.29) is 19.0 Å². The molecule has 6 nitrogen and oxygen atoms in total. The number of benzene rings is 1. The van der Waals surface area contributed by atoms with Crippen LogP contribution in [-0.2, 0) is 6.42 Å². The summed E-state index contributed by atoms with van der Waals surface area (Å²) >= 11 is 0. The number of carbonyl (C=O) groups is 1. The van der Waals surface area contributed by atoms with Crippen molar-refractivity contribution in [1.29, 1.82) is 0 Å². The van der Waals surface area contributed by atoms with Gasteiger partial charge in [-0.1, -0.05) is 55.0 Å². The van der Waals surface area contributed by atoms with Crippen molar-refractivity contribution in [2.24, 2.45) is 0 Å². The molecule has 1 aliphatic heterocycles. The maximum absolute atomic E-state index is 13.0. The lowest BCUT2D eigenvalue weighted by Crippen LogP contribution is -2.29. The number of likely N-dealkylation sites (tertiary alicyclic amines) is 1. The minimum atomic E-state index is -0.909. The quantitative estimate of drug-likeness (QED) is 0.479. The number of fused-ring (bicyclic) bond motifs is 1. The molecule has 2 unspecified atom stereocenters. The van der Waals surface area contributed by atoms with Crippen molar-refractivity contribution < 1.29 is 15.0 Å². The third kappa shape index (κ3) is 4.92. The van der Waals surface area contributed by atoms with E-state index in [1.165, 1.54) is 16.0 Å². The zero-order valence-corrected chi connectivity index (χ0v) is 21.7. The maximum Gasteiger partial charge on any atom is 0.254 e. The van der Waals surface area contributed by atoms with Gasteiger partial charge in [0, 0.05) is 30.4 Å². The first kappa shape index (κ1) is 25.6. The standard InChI is InChI=1S/C30H35N3O3/c1-6-20(5)22(13-12-19(3)4)23-10-8-9-11-24(23)29-25(7-2)33-15-14-21(16-28(33)31-29)30(36)32-17-26(34)27(35)18-32/h6,8-16,26-27,34-35H,7,17-18H2,1-5H3/b20-6-,22-13+. The van der Waals surface area contributed by atoms with E-state index in [0.717, 1.165) is 34.5 Å². The fraction of sp³-hybridized carbons (Fsp3) is 0.333. The van der Waals surface area contributed by atoms with Gasteiger partial charge in [-0.2, -0.15) is 0 Å². The smallest absolute Gasteiger partial charge is 0.254 e. The van der Waals surface area contributed by atoms with Crippen LogP contribution < -0.4 is 0 Å². The highest BCUT2D eigenvalue weighted by atomic mass is 16.3. The summed E-state index contributed by atoms with van der Waals surface area (Å²) in [4.78, 5) is 19.5. The topological polar surface area (TPSA) is 78.1 Å². The van der Waals surface area contributed by atoms with Gasteiger partial charge in [0.25, 0.3) is 5.91 Å². The predicted octanol–water partition coefficient (Wildman–Crippen LogP) is 5.06. The normalized spacial score (nSPS) is 18.7. The van der Waals surface area contributed by atoms with Crippen LogP contribution in [0.3, 0.4) is 0 Å². The number of aliphatic hydroxyl groups excluding tert-OH is 2. The highest BCUT2D eigenvalue weighted by Crippen LogP contribution is 2.35. The Morgan fingerprint density at radius 2 is 1.78 bits per heavy atom. The van der Waals surface area contributed by atoms with Gasteiger partial charge in [0.15, 0.2) is 0 Å². The number of amides is 1. The SMILES string of the molecule is C/C=C(C)\C(=C/C=C(C)C)c1ccccc1-c1nc2cc(C(=O)N3CC(O)C(O)C3)ccn2c1CC. The second-order valence-electron chi connectivity index (χ2n) is 9.59. The van der Waals surface area contributed by atoms with Gasteiger partial charge in [0.1, 0.15) is 5.65 Å². The second kappa shape index (κ2) is 10.6. The second-order valence-corrected chi connectivity index (χ2v) is 9.59. The lowest BCUT2D eigenvalue weighted by atomic mass is 9.91. The zero-order valence-electron chi connectivity index (χ0n) is 21.7. The van der Waals surface area contributed by atoms with Crippen LogP contribution in [0.25, 0.3) is 22.5 Å². The van der Waals surface area contributed by atoms with Crippen LogP contribution in [0.4, 0.5) is 0 Å². The summed E-state index contributed by atoms with van der Waals surface area (Å²) < 4.78 is 2.04. The third-order valence-electron chi connectivity index (χ3n) is 6.77. The van der Waals surface area contributed by atoms with E-state index in [1.807, 2.05) is 23.6 Å². The Balaban J connectivity index is 1.83. The first-order chi connectivity index (χ1) is 17.2. The zero-order chi connectivity index (χ0) is 26.0. The largest absolute Gasteiger partial charge is 0.388 e. The number of nitrogens with zero attached hydrogens (tertiary/aromatic N) is 3. The Morgan fingerprint density at radius 1 is 1.08 bits per heavy atom. The van der Waals surface area contributed by atoms with Crippen LogP contribution in [0.1, 0.15) is 56.2 Å². The predicted molar refractivity (Wildman–Crippen MR) is 145 cm³/mol. The van der Waals surface area contributed by atoms with Gasteiger partial charge in [0.2, 0.25) is 0 Å². The van der Waals surface area contributed by atoms with Crippen molar-refractivity contribution in [3.8, 4) is 11.3 Å². The molecule has 1 aromatic carbocycles. The number of β-amino-alcohol motifs (C(OH)–C–C–N with tert-alkyl or cyclic N) is 2. The average Bonchev–Trinajstić information content (AvgIpc) is 3.41. The van der Waals surface area contributed by atoms with Gasteiger partial charge in [-0.15, -0.1) is 0 Å². The van der Waals surface area contributed by atoms with Crippen molar-refractivity contribution in [2.45, 2.75) is 53.2 Å². The van der Waals surface area contributed by atoms with Crippen molar-refractivity contribution >= 4 is 17.1 Å². The van der Waals surface area contributed by atoms with Crippen molar-refractivity contribution in [3.05, 3.63) is 88.8 Å². The van der Waals surface area contributed by atoms with E-state index in [2.05, 4.69) is 64.1 Å². The molecule has 36 heavy (non-hydrogen) atoms. The number of hydrogen-bond acceptors (Lipinski definition) is 4. The molecule has 1 fully saturated rings. The number of aromatic nitrogens is 2. The van der Waals surface area contributed by atoms with Crippen molar-refractivity contribution in [2.75, 3.05) is 13.1 Å². The average molecular weight is 486 g/mol. The van der Waals surface area contributed by atoms with E-state index in [9.17, 15) is 15.0 Å². The monoisotopic (exact) mass is 485 g/mol. The number of pyridine rings is 1. The first-order valence-corrected chi connectivity index (χ1v) is 12.5. The molecule has 0 bridgehead atoms. The Labute approximate surface area is 212 Å². The number of imidazole rings is 1. The number of rotatable bonds is 6. The van der Waals surface area contributed by atoms with Gasteiger partial charge in [-0.3, -0.25) is 4.79 Å². The summed E-state index contributed by atoms with van der Waals surface area (Å²) in [6, 6.07) is 11.9. The summed E-state index contributed by atoms with van der Waals surface area (Å²) in [5.74, 6) is -0.216. The fourth-order valence-corrected chi connectivity index (χ4v) is 4.66. The van der Waals surface area contributed by atoms with Crippen LogP contribution in [0.2, 0.25) is 0 Å². The highest BCUT2D eigenvalue weighted by molar-refractivity contribution is 5.95. The molecule has 4 rings (SSSR count). The van der Waals surface area contributed by atoms with Gasteiger partial charge in [0.05, 0.1) is 23.6 Å². The molecule has 2 aromatic heterocycles. The minimum absolute atomic E-state index is 0.129. The molecule has 188 valence electrons. The summed E-state index contributed by atoms with van der Waals surface area (Å²) in [6.07, 6.45) is 7.27. The number of carbonyl (C=O) groups excluding carboxylic acids is 1. The van der Waals surface area contributed by atoms with Gasteiger partial charge < -0.3 is 19.5 Å². The first-order valence-electron chi connectivity index (χ1n) is 12.5. The molecule has 1 amide bonds. The number of allylic oxidation sites excluding steroid dienone is 6. The van der Waals surface area contributed by atoms with Crippen LogP contribution in [0.5, 0.6) is 0 Å². The number of hydrogen-bond donors (Lipinski definition) is 2. The molecule has 3 heterocycles. The molecule has 2 atom stereocenters. The molecule has 2 N–H and O–H groups in total. The summed E-state index contributed by atoms with van der Waals surface area (Å²) in [5.41, 5.74) is 8.88. The molecule has 0 radical (unpaired) electrons. The molecule has 1 aliphatic rings. The molecule has 0 aliphatic carbocycles. The van der Waals surface area contributed by atoms with Crippen LogP contribution >= 0.6 is 0 Å². The lowest BCUT2D eigenvalue weighted by molar-refractivity contribution is 0.0572. The Hall–Kier alpha value is -3.48. The molecule has 0 saturated carbocycles. The van der Waals surface area contributed by atoms with Crippen molar-refractivity contribution in [3.63, 3.8) is 0 Å². The molecule has 0 spiro atoms. The molecule has 3 aromatic rings. The molecule has 6 heteroatoms. The lowest BCUT2D eigenvalue weighted by Gasteiger charge is -2.15. The van der Waals surface area contributed by atoms with E-state index in [4.69, 9.17) is 4.98 Å². The van der Waals surface area contributed by atoms with Gasteiger partial charge in [-0.25, -0.2) is 4.98 Å². The maximum atomic E-state index is 13.0. The Kier molecular flexibility index (Phi) is 7.57. The van der Waals surface area contributed by atoms with Crippen LogP contribution in [0.15, 0.2) is 72.0 Å². The van der Waals surface area contributed by atoms with Crippen molar-refractivity contribution in [1.82, 2.24) is 14.3 Å². The number of aliphatic hydroxyl groups is 2. The van der Waals surface area contributed by atoms with Gasteiger partial charge >= 0.3 is 0 Å². The summed E-state index contributed by atoms with van der Waals surface area (Å²) in [6.45, 7) is 10.7.